The van der Waals surface area contributed by atoms with Crippen LogP contribution in [0.15, 0.2) is 42.5 Å². The zero-order valence-electron chi connectivity index (χ0n) is 11.5. The summed E-state index contributed by atoms with van der Waals surface area (Å²) in [7, 11) is 0. The normalized spacial score (nSPS) is 22.6. The number of fused-ring (bicyclic) bond motifs is 1. The summed E-state index contributed by atoms with van der Waals surface area (Å²) >= 11 is 0. The van der Waals surface area contributed by atoms with E-state index in [1.54, 1.807) is 0 Å². The Kier molecular flexibility index (Phi) is 4.01. The number of ether oxygens (including phenoxy) is 1. The van der Waals surface area contributed by atoms with Crippen LogP contribution in [-0.4, -0.2) is 19.2 Å². The maximum Gasteiger partial charge on any atom is 0.0841 e. The smallest absolute Gasteiger partial charge is 0.0841 e. The van der Waals surface area contributed by atoms with E-state index in [-0.39, 0.29) is 12.0 Å². The fourth-order valence-corrected chi connectivity index (χ4v) is 2.73. The lowest BCUT2D eigenvalue weighted by Crippen LogP contribution is -2.41. The molecule has 2 atom stereocenters. The minimum Gasteiger partial charge on any atom is -0.371 e. The van der Waals surface area contributed by atoms with Gasteiger partial charge in [0.25, 0.3) is 0 Å². The van der Waals surface area contributed by atoms with Gasteiger partial charge in [0, 0.05) is 12.5 Å². The van der Waals surface area contributed by atoms with E-state index in [1.807, 2.05) is 0 Å². The van der Waals surface area contributed by atoms with Crippen molar-refractivity contribution in [2.45, 2.75) is 19.1 Å². The van der Waals surface area contributed by atoms with Gasteiger partial charge in [-0.1, -0.05) is 36.4 Å². The predicted molar refractivity (Wildman–Crippen MR) is 82.3 cm³/mol. The summed E-state index contributed by atoms with van der Waals surface area (Å²) in [5.74, 6) is 3.09. The minimum absolute atomic E-state index is 0.125. The molecule has 1 aliphatic heterocycles. The zero-order valence-corrected chi connectivity index (χ0v) is 11.5. The Hall–Kier alpha value is -1.82. The average molecular weight is 265 g/mol. The topological polar surface area (TPSA) is 21.3 Å². The van der Waals surface area contributed by atoms with Crippen LogP contribution in [0, 0.1) is 18.3 Å². The molecule has 2 aromatic rings. The Bertz CT molecular complexity index is 629. The molecule has 0 spiro atoms. The third-order valence-electron chi connectivity index (χ3n) is 3.92. The summed E-state index contributed by atoms with van der Waals surface area (Å²) in [5, 5.41) is 5.86. The molecule has 0 aliphatic carbocycles. The number of hydrogen-bond donors (Lipinski definition) is 1. The van der Waals surface area contributed by atoms with Gasteiger partial charge in [0.2, 0.25) is 0 Å². The lowest BCUT2D eigenvalue weighted by Gasteiger charge is -2.28. The molecule has 2 heteroatoms. The molecule has 102 valence electrons. The largest absolute Gasteiger partial charge is 0.371 e. The third-order valence-corrected chi connectivity index (χ3v) is 3.92. The summed E-state index contributed by atoms with van der Waals surface area (Å²) in [6.07, 6.45) is 6.70. The van der Waals surface area contributed by atoms with E-state index >= 15 is 0 Å². The summed E-state index contributed by atoms with van der Waals surface area (Å²) in [4.78, 5) is 0. The summed E-state index contributed by atoms with van der Waals surface area (Å²) in [5.41, 5.74) is 1.20. The van der Waals surface area contributed by atoms with Crippen molar-refractivity contribution in [2.75, 3.05) is 13.1 Å². The van der Waals surface area contributed by atoms with Gasteiger partial charge in [0.05, 0.1) is 12.7 Å². The average Bonchev–Trinajstić information content (AvgIpc) is 2.53. The predicted octanol–water partition coefficient (Wildman–Crippen LogP) is 2.97. The first-order valence-corrected chi connectivity index (χ1v) is 7.13. The quantitative estimate of drug-likeness (QED) is 0.862. The fraction of sp³-hybridized carbons (Fsp3) is 0.333. The van der Waals surface area contributed by atoms with E-state index in [1.165, 1.54) is 16.3 Å². The molecule has 1 aliphatic rings. The van der Waals surface area contributed by atoms with E-state index in [0.29, 0.717) is 6.61 Å². The molecule has 0 radical (unpaired) electrons. The number of rotatable bonds is 3. The van der Waals surface area contributed by atoms with Crippen LogP contribution in [0.2, 0.25) is 0 Å². The van der Waals surface area contributed by atoms with Crippen LogP contribution < -0.4 is 5.32 Å². The fourth-order valence-electron chi connectivity index (χ4n) is 2.73. The molecule has 1 saturated heterocycles. The van der Waals surface area contributed by atoms with Crippen molar-refractivity contribution in [2.24, 2.45) is 5.92 Å². The van der Waals surface area contributed by atoms with Crippen LogP contribution in [0.4, 0.5) is 0 Å². The summed E-state index contributed by atoms with van der Waals surface area (Å²) < 4.78 is 6.02. The van der Waals surface area contributed by atoms with Crippen LogP contribution >= 0.6 is 0 Å². The van der Waals surface area contributed by atoms with Crippen molar-refractivity contribution in [3.8, 4) is 12.3 Å². The second-order valence-electron chi connectivity index (χ2n) is 5.30. The lowest BCUT2D eigenvalue weighted by atomic mass is 9.96. The highest BCUT2D eigenvalue weighted by atomic mass is 16.5. The first kappa shape index (κ1) is 13.2. The Morgan fingerprint density at radius 2 is 2.05 bits per heavy atom. The van der Waals surface area contributed by atoms with Gasteiger partial charge in [-0.2, -0.15) is 0 Å². The van der Waals surface area contributed by atoms with Gasteiger partial charge in [-0.25, -0.2) is 0 Å². The zero-order chi connectivity index (χ0) is 13.8. The maximum atomic E-state index is 6.02. The van der Waals surface area contributed by atoms with Crippen molar-refractivity contribution >= 4 is 10.8 Å². The van der Waals surface area contributed by atoms with Crippen LogP contribution in [0.3, 0.4) is 0 Å². The van der Waals surface area contributed by atoms with E-state index in [9.17, 15) is 0 Å². The molecule has 0 saturated carbocycles. The van der Waals surface area contributed by atoms with E-state index < -0.39 is 0 Å². The van der Waals surface area contributed by atoms with Gasteiger partial charge >= 0.3 is 0 Å². The first-order valence-electron chi connectivity index (χ1n) is 7.13. The van der Waals surface area contributed by atoms with Crippen molar-refractivity contribution < 1.29 is 4.74 Å². The minimum atomic E-state index is 0.125. The highest BCUT2D eigenvalue weighted by molar-refractivity contribution is 5.82. The SMILES string of the molecule is C#C[C@@H]1CCNC[C@H]1OCc1ccc2ccccc2c1. The Labute approximate surface area is 120 Å². The first-order chi connectivity index (χ1) is 9.86. The van der Waals surface area contributed by atoms with Gasteiger partial charge in [-0.15, -0.1) is 12.3 Å². The number of hydrogen-bond acceptors (Lipinski definition) is 2. The molecule has 20 heavy (non-hydrogen) atoms. The molecule has 2 nitrogen and oxygen atoms in total. The monoisotopic (exact) mass is 265 g/mol. The van der Waals surface area contributed by atoms with Gasteiger partial charge in [0.1, 0.15) is 0 Å². The van der Waals surface area contributed by atoms with Crippen molar-refractivity contribution in [3.05, 3.63) is 48.0 Å². The van der Waals surface area contributed by atoms with E-state index in [0.717, 1.165) is 19.5 Å². The molecule has 0 bridgehead atoms. The third kappa shape index (κ3) is 2.85. The van der Waals surface area contributed by atoms with Gasteiger partial charge in [-0.05, 0) is 35.4 Å². The molecule has 0 aromatic heterocycles. The Balaban J connectivity index is 1.68. The molecular weight excluding hydrogens is 246 g/mol. The summed E-state index contributed by atoms with van der Waals surface area (Å²) in [6, 6.07) is 14.8. The Morgan fingerprint density at radius 3 is 2.90 bits per heavy atom. The molecule has 0 unspecified atom stereocenters. The van der Waals surface area contributed by atoms with Crippen LogP contribution in [0.25, 0.3) is 10.8 Å². The van der Waals surface area contributed by atoms with E-state index in [4.69, 9.17) is 11.2 Å². The number of piperidine rings is 1. The molecule has 1 N–H and O–H groups in total. The second-order valence-corrected chi connectivity index (χ2v) is 5.30. The Morgan fingerprint density at radius 1 is 1.20 bits per heavy atom. The highest BCUT2D eigenvalue weighted by Crippen LogP contribution is 2.19. The molecular formula is C18H19NO. The number of terminal acetylenes is 1. The van der Waals surface area contributed by atoms with Crippen molar-refractivity contribution in [1.82, 2.24) is 5.32 Å². The van der Waals surface area contributed by atoms with Gasteiger partial charge in [-0.3, -0.25) is 0 Å². The summed E-state index contributed by atoms with van der Waals surface area (Å²) in [6.45, 7) is 2.46. The lowest BCUT2D eigenvalue weighted by molar-refractivity contribution is 0.00446. The standard InChI is InChI=1S/C18H19NO/c1-2-15-9-10-19-12-18(15)20-13-14-7-8-16-5-3-4-6-17(16)11-14/h1,3-8,11,15,18-19H,9-10,12-13H2/t15-,18-/m1/s1. The number of nitrogens with one attached hydrogen (secondary N) is 1. The molecule has 2 aromatic carbocycles. The van der Waals surface area contributed by atoms with E-state index in [2.05, 4.69) is 53.7 Å². The maximum absolute atomic E-state index is 6.02. The molecule has 1 fully saturated rings. The van der Waals surface area contributed by atoms with Crippen LogP contribution in [-0.2, 0) is 11.3 Å². The molecule has 1 heterocycles. The highest BCUT2D eigenvalue weighted by Gasteiger charge is 2.23. The molecule has 3 rings (SSSR count). The van der Waals surface area contributed by atoms with Gasteiger partial charge in [0.15, 0.2) is 0 Å². The van der Waals surface area contributed by atoms with Crippen molar-refractivity contribution in [1.29, 1.82) is 0 Å². The second kappa shape index (κ2) is 6.09. The van der Waals surface area contributed by atoms with Gasteiger partial charge < -0.3 is 10.1 Å². The molecule has 0 amide bonds. The number of benzene rings is 2. The van der Waals surface area contributed by atoms with Crippen LogP contribution in [0.1, 0.15) is 12.0 Å². The van der Waals surface area contributed by atoms with Crippen LogP contribution in [0.5, 0.6) is 0 Å². The van der Waals surface area contributed by atoms with Crippen molar-refractivity contribution in [3.63, 3.8) is 0 Å².